The molecule has 0 bridgehead atoms. The van der Waals surface area contributed by atoms with Crippen molar-refractivity contribution in [1.82, 2.24) is 4.98 Å². The molecule has 0 unspecified atom stereocenters. The third kappa shape index (κ3) is 1.52. The summed E-state index contributed by atoms with van der Waals surface area (Å²) in [4.78, 5) is 4.40. The molecule has 16 heavy (non-hydrogen) atoms. The molecule has 0 amide bonds. The van der Waals surface area contributed by atoms with Gasteiger partial charge in [-0.2, -0.15) is 0 Å². The Balaban J connectivity index is 2.00. The van der Waals surface area contributed by atoms with Crippen LogP contribution in [0.15, 0.2) is 64.0 Å². The zero-order chi connectivity index (χ0) is 10.8. The second kappa shape index (κ2) is 3.70. The number of furan rings is 1. The average Bonchev–Trinajstić information content (AvgIpc) is 3.01. The van der Waals surface area contributed by atoms with E-state index < -0.39 is 0 Å². The Hall–Kier alpha value is -2.29. The predicted molar refractivity (Wildman–Crippen MR) is 59.6 cm³/mol. The van der Waals surface area contributed by atoms with Gasteiger partial charge in [-0.05, 0) is 18.2 Å². The summed E-state index contributed by atoms with van der Waals surface area (Å²) in [5.41, 5.74) is 2.68. The van der Waals surface area contributed by atoms with E-state index in [1.165, 1.54) is 0 Å². The Kier molecular flexibility index (Phi) is 2.07. The molecule has 0 spiro atoms. The van der Waals surface area contributed by atoms with E-state index in [1.54, 1.807) is 18.8 Å². The van der Waals surface area contributed by atoms with Crippen LogP contribution < -0.4 is 0 Å². The summed E-state index contributed by atoms with van der Waals surface area (Å²) in [6.07, 6.45) is 4.89. The molecule has 1 aromatic carbocycles. The lowest BCUT2D eigenvalue weighted by Crippen LogP contribution is -1.77. The van der Waals surface area contributed by atoms with E-state index in [0.717, 1.165) is 16.8 Å². The van der Waals surface area contributed by atoms with E-state index in [1.807, 2.05) is 36.4 Å². The minimum absolute atomic E-state index is 0.622. The Morgan fingerprint density at radius 2 is 1.75 bits per heavy atom. The van der Waals surface area contributed by atoms with Gasteiger partial charge in [-0.3, -0.25) is 0 Å². The molecule has 0 atom stereocenters. The number of oxazole rings is 1. The first-order valence-electron chi connectivity index (χ1n) is 4.97. The molecule has 0 aliphatic heterocycles. The summed E-state index contributed by atoms with van der Waals surface area (Å²) in [6.45, 7) is 0. The molecule has 0 fully saturated rings. The number of hydrogen-bond acceptors (Lipinski definition) is 3. The van der Waals surface area contributed by atoms with Crippen LogP contribution in [0.25, 0.3) is 22.7 Å². The van der Waals surface area contributed by atoms with Crippen molar-refractivity contribution in [2.45, 2.75) is 0 Å². The minimum atomic E-state index is 0.622. The summed E-state index contributed by atoms with van der Waals surface area (Å²) >= 11 is 0. The van der Waals surface area contributed by atoms with Gasteiger partial charge in [0.25, 0.3) is 0 Å². The summed E-state index contributed by atoms with van der Waals surface area (Å²) in [6, 6.07) is 11.7. The van der Waals surface area contributed by atoms with Crippen LogP contribution in [-0.4, -0.2) is 4.98 Å². The van der Waals surface area contributed by atoms with Crippen LogP contribution in [0, 0.1) is 0 Å². The SMILES string of the molecule is c1ccc(-c2nc(-c3ccoc3)co2)cc1. The Morgan fingerprint density at radius 1 is 0.875 bits per heavy atom. The molecule has 0 saturated heterocycles. The molecular weight excluding hydrogens is 202 g/mol. The van der Waals surface area contributed by atoms with Crippen LogP contribution in [0.1, 0.15) is 0 Å². The van der Waals surface area contributed by atoms with Crippen molar-refractivity contribution in [2.75, 3.05) is 0 Å². The van der Waals surface area contributed by atoms with E-state index >= 15 is 0 Å². The molecule has 2 heterocycles. The van der Waals surface area contributed by atoms with Gasteiger partial charge in [0.15, 0.2) is 0 Å². The van der Waals surface area contributed by atoms with Gasteiger partial charge in [-0.1, -0.05) is 18.2 Å². The van der Waals surface area contributed by atoms with Gasteiger partial charge in [0.1, 0.15) is 12.0 Å². The molecule has 3 aromatic rings. The van der Waals surface area contributed by atoms with Gasteiger partial charge < -0.3 is 8.83 Å². The van der Waals surface area contributed by atoms with Gasteiger partial charge >= 0.3 is 0 Å². The first-order chi connectivity index (χ1) is 7.93. The van der Waals surface area contributed by atoms with Crippen LogP contribution in [0.2, 0.25) is 0 Å². The Labute approximate surface area is 92.4 Å². The summed E-state index contributed by atoms with van der Waals surface area (Å²) in [5.74, 6) is 0.622. The van der Waals surface area contributed by atoms with Crippen LogP contribution in [-0.2, 0) is 0 Å². The predicted octanol–water partition coefficient (Wildman–Crippen LogP) is 3.60. The van der Waals surface area contributed by atoms with Crippen LogP contribution in [0.3, 0.4) is 0 Å². The highest BCUT2D eigenvalue weighted by molar-refractivity contribution is 5.61. The molecule has 0 aliphatic carbocycles. The van der Waals surface area contributed by atoms with E-state index in [4.69, 9.17) is 8.83 Å². The molecule has 0 aliphatic rings. The molecule has 3 heteroatoms. The topological polar surface area (TPSA) is 39.2 Å². The third-order valence-corrected chi connectivity index (χ3v) is 2.34. The Morgan fingerprint density at radius 3 is 2.50 bits per heavy atom. The smallest absolute Gasteiger partial charge is 0.226 e. The van der Waals surface area contributed by atoms with Crippen molar-refractivity contribution < 1.29 is 8.83 Å². The van der Waals surface area contributed by atoms with Crippen LogP contribution in [0.4, 0.5) is 0 Å². The second-order valence-corrected chi connectivity index (χ2v) is 3.42. The van der Waals surface area contributed by atoms with Crippen molar-refractivity contribution in [3.63, 3.8) is 0 Å². The highest BCUT2D eigenvalue weighted by atomic mass is 16.3. The first-order valence-corrected chi connectivity index (χ1v) is 4.97. The van der Waals surface area contributed by atoms with Crippen LogP contribution >= 0.6 is 0 Å². The van der Waals surface area contributed by atoms with Crippen molar-refractivity contribution >= 4 is 0 Å². The number of aromatic nitrogens is 1. The third-order valence-electron chi connectivity index (χ3n) is 2.34. The zero-order valence-electron chi connectivity index (χ0n) is 8.46. The zero-order valence-corrected chi connectivity index (χ0v) is 8.46. The van der Waals surface area contributed by atoms with Crippen LogP contribution in [0.5, 0.6) is 0 Å². The van der Waals surface area contributed by atoms with Crippen molar-refractivity contribution in [3.05, 3.63) is 55.2 Å². The quantitative estimate of drug-likeness (QED) is 0.650. The summed E-state index contributed by atoms with van der Waals surface area (Å²) in [5, 5.41) is 0. The van der Waals surface area contributed by atoms with E-state index in [9.17, 15) is 0 Å². The van der Waals surface area contributed by atoms with E-state index in [-0.39, 0.29) is 0 Å². The largest absolute Gasteiger partial charge is 0.472 e. The maximum atomic E-state index is 5.42. The molecule has 0 N–H and O–H groups in total. The average molecular weight is 211 g/mol. The van der Waals surface area contributed by atoms with Gasteiger partial charge in [0.2, 0.25) is 5.89 Å². The molecule has 2 aromatic heterocycles. The maximum absolute atomic E-state index is 5.42. The maximum Gasteiger partial charge on any atom is 0.226 e. The van der Waals surface area contributed by atoms with E-state index in [2.05, 4.69) is 4.98 Å². The van der Waals surface area contributed by atoms with Crippen molar-refractivity contribution in [3.8, 4) is 22.7 Å². The number of rotatable bonds is 2. The molecule has 0 radical (unpaired) electrons. The van der Waals surface area contributed by atoms with Gasteiger partial charge in [0.05, 0.1) is 12.5 Å². The standard InChI is InChI=1S/C13H9NO2/c1-2-4-10(5-3-1)13-14-12(9-16-13)11-6-7-15-8-11/h1-9H. The fourth-order valence-electron chi connectivity index (χ4n) is 1.53. The number of nitrogens with zero attached hydrogens (tertiary/aromatic N) is 1. The minimum Gasteiger partial charge on any atom is -0.472 e. The second-order valence-electron chi connectivity index (χ2n) is 3.42. The molecule has 3 rings (SSSR count). The first kappa shape index (κ1) is 8.97. The Bertz CT molecular complexity index is 567. The lowest BCUT2D eigenvalue weighted by Gasteiger charge is -1.91. The van der Waals surface area contributed by atoms with E-state index in [0.29, 0.717) is 5.89 Å². The molecule has 3 nitrogen and oxygen atoms in total. The van der Waals surface area contributed by atoms with Gasteiger partial charge in [-0.15, -0.1) is 0 Å². The monoisotopic (exact) mass is 211 g/mol. The fraction of sp³-hybridized carbons (Fsp3) is 0. The highest BCUT2D eigenvalue weighted by Crippen LogP contribution is 2.24. The summed E-state index contributed by atoms with van der Waals surface area (Å²) < 4.78 is 10.4. The molecule has 78 valence electrons. The normalized spacial score (nSPS) is 10.5. The van der Waals surface area contributed by atoms with Crippen molar-refractivity contribution in [1.29, 1.82) is 0 Å². The van der Waals surface area contributed by atoms with Crippen molar-refractivity contribution in [2.24, 2.45) is 0 Å². The number of hydrogen-bond donors (Lipinski definition) is 0. The fourth-order valence-corrected chi connectivity index (χ4v) is 1.53. The lowest BCUT2D eigenvalue weighted by atomic mass is 10.2. The summed E-state index contributed by atoms with van der Waals surface area (Å²) in [7, 11) is 0. The molecular formula is C13H9NO2. The van der Waals surface area contributed by atoms with Gasteiger partial charge in [0, 0.05) is 11.1 Å². The molecule has 0 saturated carbocycles. The van der Waals surface area contributed by atoms with Gasteiger partial charge in [-0.25, -0.2) is 4.98 Å². The highest BCUT2D eigenvalue weighted by Gasteiger charge is 2.08. The lowest BCUT2D eigenvalue weighted by molar-refractivity contribution is 0.567. The number of benzene rings is 1.